The molecule has 2 aromatic heterocycles. The Morgan fingerprint density at radius 1 is 1.02 bits per heavy atom. The lowest BCUT2D eigenvalue weighted by Crippen LogP contribution is -2.57. The molecule has 6 rings (SSSR count). The van der Waals surface area contributed by atoms with Crippen LogP contribution < -0.4 is 15.4 Å². The van der Waals surface area contributed by atoms with Crippen molar-refractivity contribution in [2.24, 2.45) is 0 Å². The molecule has 4 aromatic rings. The minimum absolute atomic E-state index is 0.00583. The van der Waals surface area contributed by atoms with E-state index in [1.807, 2.05) is 40.3 Å². The lowest BCUT2D eigenvalue weighted by Gasteiger charge is -2.40. The van der Waals surface area contributed by atoms with Gasteiger partial charge in [-0.25, -0.2) is 14.8 Å². The highest BCUT2D eigenvalue weighted by Crippen LogP contribution is 2.28. The molecule has 4 heterocycles. The summed E-state index contributed by atoms with van der Waals surface area (Å²) in [4.78, 5) is 41.0. The molecule has 242 valence electrons. The van der Waals surface area contributed by atoms with E-state index in [9.17, 15) is 18.4 Å². The number of nitrogens with zero attached hydrogens (tertiary/aromatic N) is 6. The van der Waals surface area contributed by atoms with Gasteiger partial charge in [0.25, 0.3) is 5.91 Å². The van der Waals surface area contributed by atoms with Gasteiger partial charge in [-0.3, -0.25) is 9.20 Å². The van der Waals surface area contributed by atoms with Gasteiger partial charge in [0.15, 0.2) is 11.5 Å². The molecular weight excluding hydrogens is 598 g/mol. The predicted molar refractivity (Wildman–Crippen MR) is 168 cm³/mol. The van der Waals surface area contributed by atoms with Crippen LogP contribution in [0.5, 0.6) is 5.75 Å². The number of likely N-dealkylation sites (N-methyl/N-ethyl adjacent to an activating group) is 1. The zero-order valence-corrected chi connectivity index (χ0v) is 25.7. The first-order chi connectivity index (χ1) is 22.3. The Balaban J connectivity index is 1.09. The number of aryl methyl sites for hydroxylation is 1. The number of benzene rings is 2. The summed E-state index contributed by atoms with van der Waals surface area (Å²) in [6.07, 6.45) is 5.08. The number of anilines is 2. The smallest absolute Gasteiger partial charge is 0.387 e. The van der Waals surface area contributed by atoms with Crippen molar-refractivity contribution >= 4 is 29.1 Å². The molecule has 0 saturated carbocycles. The van der Waals surface area contributed by atoms with Crippen molar-refractivity contribution in [1.29, 1.82) is 0 Å². The molecule has 0 spiro atoms. The Hall–Kier alpha value is -4.82. The van der Waals surface area contributed by atoms with Gasteiger partial charge >= 0.3 is 12.6 Å². The zero-order valence-electron chi connectivity index (χ0n) is 25.7. The number of carbonyl (C=O) groups excluding carboxylic acids is 2. The van der Waals surface area contributed by atoms with E-state index >= 15 is 0 Å². The topological polar surface area (TPSA) is 117 Å². The first-order valence-electron chi connectivity index (χ1n) is 15.1. The maximum Gasteiger partial charge on any atom is 0.387 e. The van der Waals surface area contributed by atoms with Crippen LogP contribution in [-0.4, -0.2) is 113 Å². The number of imidazole rings is 1. The Bertz CT molecular complexity index is 1690. The molecule has 1 unspecified atom stereocenters. The number of piperazine rings is 1. The Morgan fingerprint density at radius 3 is 2.50 bits per heavy atom. The zero-order chi connectivity index (χ0) is 32.2. The summed E-state index contributed by atoms with van der Waals surface area (Å²) in [7, 11) is 1.87. The van der Waals surface area contributed by atoms with Gasteiger partial charge in [-0.1, -0.05) is 0 Å². The Labute approximate surface area is 264 Å². The molecule has 2 aromatic carbocycles. The number of carbonyl (C=O) groups is 2. The van der Waals surface area contributed by atoms with Crippen LogP contribution in [0.2, 0.25) is 0 Å². The molecular formula is C32H36F2N8O4. The highest BCUT2D eigenvalue weighted by Gasteiger charge is 2.31. The van der Waals surface area contributed by atoms with Crippen molar-refractivity contribution in [2.45, 2.75) is 19.6 Å². The lowest BCUT2D eigenvalue weighted by atomic mass is 10.1. The number of alkyl halides is 2. The molecule has 46 heavy (non-hydrogen) atoms. The molecule has 12 nitrogen and oxygen atoms in total. The third kappa shape index (κ3) is 6.72. The molecule has 0 radical (unpaired) electrons. The minimum Gasteiger partial charge on any atom is -0.435 e. The maximum atomic E-state index is 13.5. The highest BCUT2D eigenvalue weighted by atomic mass is 19.3. The van der Waals surface area contributed by atoms with Crippen LogP contribution in [-0.2, 0) is 4.74 Å². The van der Waals surface area contributed by atoms with Crippen molar-refractivity contribution in [3.8, 4) is 17.0 Å². The molecule has 3 amide bonds. The number of aromatic nitrogens is 3. The Kier molecular flexibility index (Phi) is 9.26. The summed E-state index contributed by atoms with van der Waals surface area (Å²) in [6.45, 7) is 3.22. The summed E-state index contributed by atoms with van der Waals surface area (Å²) in [5.41, 5.74) is 4.25. The summed E-state index contributed by atoms with van der Waals surface area (Å²) in [5.74, 6) is 0.525. The fourth-order valence-corrected chi connectivity index (χ4v) is 5.86. The molecule has 2 N–H and O–H groups in total. The number of hydrogen-bond acceptors (Lipinski definition) is 8. The highest BCUT2D eigenvalue weighted by molar-refractivity contribution is 5.96. The van der Waals surface area contributed by atoms with Crippen LogP contribution >= 0.6 is 0 Å². The molecule has 1 atom stereocenters. The molecule has 2 aliphatic rings. The number of morpholine rings is 1. The van der Waals surface area contributed by atoms with Crippen molar-refractivity contribution in [2.75, 3.05) is 64.8 Å². The van der Waals surface area contributed by atoms with Gasteiger partial charge in [-0.05, 0) is 62.0 Å². The van der Waals surface area contributed by atoms with Gasteiger partial charge in [0.05, 0.1) is 24.6 Å². The van der Waals surface area contributed by atoms with E-state index in [0.29, 0.717) is 69.4 Å². The minimum atomic E-state index is -2.89. The van der Waals surface area contributed by atoms with Gasteiger partial charge in [0.2, 0.25) is 0 Å². The number of urea groups is 1. The van der Waals surface area contributed by atoms with Gasteiger partial charge < -0.3 is 34.8 Å². The molecule has 0 bridgehead atoms. The van der Waals surface area contributed by atoms with Gasteiger partial charge in [-0.15, -0.1) is 0 Å². The van der Waals surface area contributed by atoms with Crippen molar-refractivity contribution in [3.05, 3.63) is 72.2 Å². The standard InChI is InChI=1S/C32H36F2N8O4/c1-21-17-23(38-28-29-37-19-27(42(29)10-9-36-28)22-3-6-24(7-4-22)46-31(33)34)5-8-26(21)30(43)39-11-13-40(14-12-39)32(44)41-15-16-45-25(20-41)18-35-2/h3-10,17,19,25,31,35H,11-16,18,20H2,1-2H3,(H,36,38). The van der Waals surface area contributed by atoms with Crippen LogP contribution in [0.4, 0.5) is 25.1 Å². The lowest BCUT2D eigenvalue weighted by molar-refractivity contribution is -0.0498. The van der Waals surface area contributed by atoms with E-state index in [2.05, 4.69) is 25.3 Å². The number of amides is 3. The van der Waals surface area contributed by atoms with Crippen LogP contribution in [0.15, 0.2) is 61.1 Å². The summed E-state index contributed by atoms with van der Waals surface area (Å²) < 4.78 is 37.1. The third-order valence-electron chi connectivity index (χ3n) is 8.20. The van der Waals surface area contributed by atoms with E-state index in [0.717, 1.165) is 22.5 Å². The van der Waals surface area contributed by atoms with Crippen molar-refractivity contribution in [1.82, 2.24) is 34.4 Å². The average molecular weight is 635 g/mol. The molecule has 14 heteroatoms. The first kappa shape index (κ1) is 31.2. The molecule has 2 saturated heterocycles. The van der Waals surface area contributed by atoms with Crippen LogP contribution in [0.25, 0.3) is 16.9 Å². The third-order valence-corrected chi connectivity index (χ3v) is 8.20. The maximum absolute atomic E-state index is 13.5. The monoisotopic (exact) mass is 634 g/mol. The quantitative estimate of drug-likeness (QED) is 0.301. The molecule has 2 fully saturated rings. The first-order valence-corrected chi connectivity index (χ1v) is 15.1. The number of fused-ring (bicyclic) bond motifs is 1. The SMILES string of the molecule is CNCC1CN(C(=O)N2CCN(C(=O)c3ccc(Nc4nccn5c(-c6ccc(OC(F)F)cc6)cnc45)cc3C)CC2)CCO1. The second kappa shape index (κ2) is 13.7. The molecule has 0 aliphatic carbocycles. The van der Waals surface area contributed by atoms with Crippen LogP contribution in [0.3, 0.4) is 0 Å². The van der Waals surface area contributed by atoms with Gasteiger partial charge in [0, 0.05) is 75.0 Å². The number of halogens is 2. The predicted octanol–water partition coefficient (Wildman–Crippen LogP) is 3.85. The Morgan fingerprint density at radius 2 is 1.78 bits per heavy atom. The van der Waals surface area contributed by atoms with E-state index in [-0.39, 0.29) is 23.8 Å². The summed E-state index contributed by atoms with van der Waals surface area (Å²) >= 11 is 0. The second-order valence-electron chi connectivity index (χ2n) is 11.2. The van der Waals surface area contributed by atoms with E-state index in [1.165, 1.54) is 12.1 Å². The van der Waals surface area contributed by atoms with Gasteiger partial charge in [-0.2, -0.15) is 8.78 Å². The van der Waals surface area contributed by atoms with Crippen molar-refractivity contribution < 1.29 is 27.8 Å². The van der Waals surface area contributed by atoms with Gasteiger partial charge in [0.1, 0.15) is 5.75 Å². The largest absolute Gasteiger partial charge is 0.435 e. The average Bonchev–Trinajstić information content (AvgIpc) is 3.50. The number of nitrogens with one attached hydrogen (secondary N) is 2. The van der Waals surface area contributed by atoms with E-state index in [4.69, 9.17) is 4.74 Å². The number of ether oxygens (including phenoxy) is 2. The van der Waals surface area contributed by atoms with Crippen LogP contribution in [0.1, 0.15) is 15.9 Å². The second-order valence-corrected chi connectivity index (χ2v) is 11.2. The van der Waals surface area contributed by atoms with Crippen LogP contribution in [0, 0.1) is 6.92 Å². The van der Waals surface area contributed by atoms with E-state index in [1.54, 1.807) is 41.7 Å². The fraction of sp³-hybridized carbons (Fsp3) is 0.375. The number of rotatable bonds is 8. The van der Waals surface area contributed by atoms with Crippen molar-refractivity contribution in [3.63, 3.8) is 0 Å². The molecule has 2 aliphatic heterocycles. The van der Waals surface area contributed by atoms with E-state index < -0.39 is 6.61 Å². The summed E-state index contributed by atoms with van der Waals surface area (Å²) in [5, 5.41) is 6.40. The summed E-state index contributed by atoms with van der Waals surface area (Å²) in [6, 6.07) is 11.9. The normalized spacial score (nSPS) is 17.1. The fourth-order valence-electron chi connectivity index (χ4n) is 5.86. The number of hydrogen-bond donors (Lipinski definition) is 2.